The number of nitrogens with zero attached hydrogens (tertiary/aromatic N) is 4. The van der Waals surface area contributed by atoms with Gasteiger partial charge in [-0.1, -0.05) is 0 Å². The van der Waals surface area contributed by atoms with Crippen LogP contribution in [0.2, 0.25) is 0 Å². The Hall–Kier alpha value is -1.40. The highest BCUT2D eigenvalue weighted by molar-refractivity contribution is 5.40. The molecule has 1 fully saturated rings. The Labute approximate surface area is 114 Å². The second kappa shape index (κ2) is 7.25. The fourth-order valence-electron chi connectivity index (χ4n) is 2.01. The Morgan fingerprint density at radius 1 is 1.37 bits per heavy atom. The summed E-state index contributed by atoms with van der Waals surface area (Å²) in [6.45, 7) is 5.82. The Bertz CT molecular complexity index is 379. The predicted octanol–water partition coefficient (Wildman–Crippen LogP) is 0.677. The van der Waals surface area contributed by atoms with Crippen LogP contribution < -0.4 is 10.2 Å². The summed E-state index contributed by atoms with van der Waals surface area (Å²) in [5.74, 6) is 1.62. The number of hydrogen-bond acceptors (Lipinski definition) is 6. The first-order valence-corrected chi connectivity index (χ1v) is 6.80. The number of morpholine rings is 1. The first kappa shape index (κ1) is 14.0. The predicted molar refractivity (Wildman–Crippen MR) is 76.7 cm³/mol. The molecular formula is C13H23N5O. The summed E-state index contributed by atoms with van der Waals surface area (Å²) in [5, 5.41) is 3.27. The van der Waals surface area contributed by atoms with Crippen LogP contribution in [-0.4, -0.2) is 68.4 Å². The van der Waals surface area contributed by atoms with Gasteiger partial charge in [0.15, 0.2) is 0 Å². The average Bonchev–Trinajstić information content (AvgIpc) is 2.45. The van der Waals surface area contributed by atoms with Crippen LogP contribution in [0, 0.1) is 0 Å². The van der Waals surface area contributed by atoms with E-state index in [9.17, 15) is 0 Å². The lowest BCUT2D eigenvalue weighted by Gasteiger charge is -2.26. The summed E-state index contributed by atoms with van der Waals surface area (Å²) < 4.78 is 5.33. The van der Waals surface area contributed by atoms with Crippen molar-refractivity contribution in [1.29, 1.82) is 0 Å². The molecule has 6 heteroatoms. The third-order valence-corrected chi connectivity index (χ3v) is 3.14. The Morgan fingerprint density at radius 3 is 2.89 bits per heavy atom. The number of nitrogens with one attached hydrogen (secondary N) is 1. The maximum absolute atomic E-state index is 5.33. The van der Waals surface area contributed by atoms with Gasteiger partial charge < -0.3 is 15.0 Å². The van der Waals surface area contributed by atoms with E-state index in [0.717, 1.165) is 51.6 Å². The molecule has 1 aliphatic rings. The van der Waals surface area contributed by atoms with Crippen LogP contribution >= 0.6 is 0 Å². The molecule has 0 saturated carbocycles. The summed E-state index contributed by atoms with van der Waals surface area (Å²) >= 11 is 0. The van der Waals surface area contributed by atoms with E-state index >= 15 is 0 Å². The lowest BCUT2D eigenvalue weighted by Crippen LogP contribution is -2.37. The molecule has 2 rings (SSSR count). The van der Waals surface area contributed by atoms with Gasteiger partial charge >= 0.3 is 0 Å². The number of aromatic nitrogens is 2. The minimum atomic E-state index is 0.702. The quantitative estimate of drug-likeness (QED) is 0.763. The van der Waals surface area contributed by atoms with E-state index < -0.39 is 0 Å². The van der Waals surface area contributed by atoms with Crippen LogP contribution in [0.15, 0.2) is 12.3 Å². The van der Waals surface area contributed by atoms with Crippen LogP contribution in [0.1, 0.15) is 6.42 Å². The Kier molecular flexibility index (Phi) is 5.35. The van der Waals surface area contributed by atoms with E-state index in [-0.39, 0.29) is 0 Å². The Balaban J connectivity index is 1.68. The summed E-state index contributed by atoms with van der Waals surface area (Å²) in [6.07, 6.45) is 2.88. The third-order valence-electron chi connectivity index (χ3n) is 3.14. The van der Waals surface area contributed by atoms with Crippen molar-refractivity contribution in [3.63, 3.8) is 0 Å². The molecule has 1 saturated heterocycles. The van der Waals surface area contributed by atoms with E-state index in [2.05, 4.69) is 20.2 Å². The standard InChI is InChI=1S/C13H23N5O/c1-17(2)12-4-6-15-13(16-12)14-5-3-7-18-8-10-19-11-9-18/h4,6H,3,5,7-11H2,1-2H3,(H,14,15,16). The molecule has 0 bridgehead atoms. The third kappa shape index (κ3) is 4.65. The van der Waals surface area contributed by atoms with E-state index in [1.165, 1.54) is 0 Å². The van der Waals surface area contributed by atoms with Crippen molar-refractivity contribution in [2.75, 3.05) is 63.7 Å². The van der Waals surface area contributed by atoms with Crippen LogP contribution in [0.3, 0.4) is 0 Å². The number of hydrogen-bond donors (Lipinski definition) is 1. The van der Waals surface area contributed by atoms with Crippen LogP contribution in [0.25, 0.3) is 0 Å². The summed E-state index contributed by atoms with van der Waals surface area (Å²) in [7, 11) is 3.95. The van der Waals surface area contributed by atoms with Gasteiger partial charge in [0.2, 0.25) is 5.95 Å². The molecule has 1 aromatic rings. The van der Waals surface area contributed by atoms with E-state index in [4.69, 9.17) is 4.74 Å². The highest BCUT2D eigenvalue weighted by Crippen LogP contribution is 2.08. The average molecular weight is 265 g/mol. The van der Waals surface area contributed by atoms with Gasteiger partial charge in [0.05, 0.1) is 13.2 Å². The first-order valence-electron chi connectivity index (χ1n) is 6.80. The zero-order valence-corrected chi connectivity index (χ0v) is 11.8. The molecular weight excluding hydrogens is 242 g/mol. The molecule has 19 heavy (non-hydrogen) atoms. The molecule has 1 aromatic heterocycles. The highest BCUT2D eigenvalue weighted by atomic mass is 16.5. The maximum atomic E-state index is 5.33. The van der Waals surface area contributed by atoms with E-state index in [1.807, 2.05) is 25.1 Å². The largest absolute Gasteiger partial charge is 0.379 e. The van der Waals surface area contributed by atoms with E-state index in [1.54, 1.807) is 6.20 Å². The van der Waals surface area contributed by atoms with Crippen LogP contribution in [0.4, 0.5) is 11.8 Å². The van der Waals surface area contributed by atoms with Gasteiger partial charge in [0, 0.05) is 39.9 Å². The minimum Gasteiger partial charge on any atom is -0.379 e. The normalized spacial score (nSPS) is 16.3. The Morgan fingerprint density at radius 2 is 2.16 bits per heavy atom. The molecule has 0 unspecified atom stereocenters. The second-order valence-corrected chi connectivity index (χ2v) is 4.87. The van der Waals surface area contributed by atoms with Crippen molar-refractivity contribution < 1.29 is 4.74 Å². The fourth-order valence-corrected chi connectivity index (χ4v) is 2.01. The summed E-state index contributed by atoms with van der Waals surface area (Å²) in [4.78, 5) is 13.1. The minimum absolute atomic E-state index is 0.702. The zero-order chi connectivity index (χ0) is 13.5. The van der Waals surface area contributed by atoms with Crippen molar-refractivity contribution >= 4 is 11.8 Å². The van der Waals surface area contributed by atoms with Gasteiger partial charge in [-0.05, 0) is 19.0 Å². The molecule has 6 nitrogen and oxygen atoms in total. The van der Waals surface area contributed by atoms with Crippen molar-refractivity contribution in [3.8, 4) is 0 Å². The first-order chi connectivity index (χ1) is 9.25. The number of ether oxygens (including phenoxy) is 1. The summed E-state index contributed by atoms with van der Waals surface area (Å²) in [5.41, 5.74) is 0. The van der Waals surface area contributed by atoms with Gasteiger partial charge in [-0.15, -0.1) is 0 Å². The molecule has 0 atom stereocenters. The van der Waals surface area contributed by atoms with Crippen LogP contribution in [-0.2, 0) is 4.74 Å². The molecule has 106 valence electrons. The molecule has 0 radical (unpaired) electrons. The summed E-state index contributed by atoms with van der Waals surface area (Å²) in [6, 6.07) is 1.90. The van der Waals surface area contributed by atoms with E-state index in [0.29, 0.717) is 5.95 Å². The van der Waals surface area contributed by atoms with Crippen LogP contribution in [0.5, 0.6) is 0 Å². The van der Waals surface area contributed by atoms with Gasteiger partial charge in [0.1, 0.15) is 5.82 Å². The molecule has 0 aromatic carbocycles. The lowest BCUT2D eigenvalue weighted by molar-refractivity contribution is 0.0378. The van der Waals surface area contributed by atoms with Crippen molar-refractivity contribution in [2.24, 2.45) is 0 Å². The second-order valence-electron chi connectivity index (χ2n) is 4.87. The van der Waals surface area contributed by atoms with Gasteiger partial charge in [0.25, 0.3) is 0 Å². The topological polar surface area (TPSA) is 53.5 Å². The molecule has 2 heterocycles. The number of anilines is 2. The van der Waals surface area contributed by atoms with Crippen molar-refractivity contribution in [3.05, 3.63) is 12.3 Å². The van der Waals surface area contributed by atoms with Gasteiger partial charge in [-0.2, -0.15) is 4.98 Å². The lowest BCUT2D eigenvalue weighted by atomic mass is 10.3. The monoisotopic (exact) mass is 265 g/mol. The smallest absolute Gasteiger partial charge is 0.224 e. The van der Waals surface area contributed by atoms with Gasteiger partial charge in [-0.3, -0.25) is 4.90 Å². The number of rotatable bonds is 6. The molecule has 1 N–H and O–H groups in total. The van der Waals surface area contributed by atoms with Crippen molar-refractivity contribution in [1.82, 2.24) is 14.9 Å². The highest BCUT2D eigenvalue weighted by Gasteiger charge is 2.09. The van der Waals surface area contributed by atoms with Gasteiger partial charge in [-0.25, -0.2) is 4.98 Å². The molecule has 1 aliphatic heterocycles. The maximum Gasteiger partial charge on any atom is 0.224 e. The molecule has 0 aliphatic carbocycles. The SMILES string of the molecule is CN(C)c1ccnc(NCCCN2CCOCC2)n1. The van der Waals surface area contributed by atoms with Crippen molar-refractivity contribution in [2.45, 2.75) is 6.42 Å². The zero-order valence-electron chi connectivity index (χ0n) is 11.8. The molecule has 0 spiro atoms. The fraction of sp³-hybridized carbons (Fsp3) is 0.692. The molecule has 0 amide bonds.